The van der Waals surface area contributed by atoms with Gasteiger partial charge in [-0.2, -0.15) is 4.72 Å². The van der Waals surface area contributed by atoms with E-state index in [9.17, 15) is 13.2 Å². The maximum absolute atomic E-state index is 13.3. The molecule has 3 rings (SSSR count). The molecule has 5 nitrogen and oxygen atoms in total. The van der Waals surface area contributed by atoms with Gasteiger partial charge in [0, 0.05) is 13.6 Å². The summed E-state index contributed by atoms with van der Waals surface area (Å²) in [5.74, 6) is -0.253. The molecule has 0 heterocycles. The zero-order valence-electron chi connectivity index (χ0n) is 17.9. The standard InChI is InChI=1S/C25H28N2O3S/c1-20-11-9-10-16-24(20)31(29,30)26-23(18-17-21-12-5-3-6-13-21)25(28)27(2)19-22-14-7-4-8-15-22/h3-16,23,26H,17-19H2,1-2H3. The Morgan fingerprint density at radius 2 is 1.42 bits per heavy atom. The van der Waals surface area contributed by atoms with Gasteiger partial charge >= 0.3 is 0 Å². The third-order valence-electron chi connectivity index (χ3n) is 5.18. The van der Waals surface area contributed by atoms with Crippen LogP contribution in [0.25, 0.3) is 0 Å². The van der Waals surface area contributed by atoms with Crippen LogP contribution in [0.2, 0.25) is 0 Å². The van der Waals surface area contributed by atoms with Gasteiger partial charge in [0.15, 0.2) is 0 Å². The lowest BCUT2D eigenvalue weighted by Gasteiger charge is -2.25. The molecule has 0 saturated carbocycles. The first-order valence-corrected chi connectivity index (χ1v) is 11.8. The first kappa shape index (κ1) is 22.7. The van der Waals surface area contributed by atoms with E-state index in [1.165, 1.54) is 0 Å². The van der Waals surface area contributed by atoms with Gasteiger partial charge in [-0.05, 0) is 42.5 Å². The number of carbonyl (C=O) groups excluding carboxylic acids is 1. The van der Waals surface area contributed by atoms with E-state index < -0.39 is 16.1 Å². The molecule has 0 spiro atoms. The fraction of sp³-hybridized carbons (Fsp3) is 0.240. The summed E-state index contributed by atoms with van der Waals surface area (Å²) < 4.78 is 28.8. The Morgan fingerprint density at radius 1 is 0.871 bits per heavy atom. The minimum Gasteiger partial charge on any atom is -0.340 e. The van der Waals surface area contributed by atoms with E-state index in [1.54, 1.807) is 43.1 Å². The van der Waals surface area contributed by atoms with Crippen LogP contribution in [0.15, 0.2) is 89.8 Å². The summed E-state index contributed by atoms with van der Waals surface area (Å²) in [7, 11) is -2.14. The Hall–Kier alpha value is -2.96. The Kier molecular flexibility index (Phi) is 7.60. The van der Waals surface area contributed by atoms with Gasteiger partial charge in [-0.3, -0.25) is 4.79 Å². The molecule has 3 aromatic carbocycles. The molecular formula is C25H28N2O3S. The van der Waals surface area contributed by atoms with Gasteiger partial charge in [0.1, 0.15) is 6.04 Å². The van der Waals surface area contributed by atoms with Crippen LogP contribution in [0.4, 0.5) is 0 Å². The van der Waals surface area contributed by atoms with Gasteiger partial charge in [0.25, 0.3) is 0 Å². The summed E-state index contributed by atoms with van der Waals surface area (Å²) in [4.78, 5) is 15.0. The van der Waals surface area contributed by atoms with Crippen LogP contribution in [-0.4, -0.2) is 32.3 Å². The molecule has 0 aromatic heterocycles. The highest BCUT2D eigenvalue weighted by molar-refractivity contribution is 7.89. The first-order valence-electron chi connectivity index (χ1n) is 10.3. The van der Waals surface area contributed by atoms with Crippen LogP contribution in [0.3, 0.4) is 0 Å². The molecule has 0 aliphatic rings. The second kappa shape index (κ2) is 10.4. The largest absolute Gasteiger partial charge is 0.340 e. The maximum Gasteiger partial charge on any atom is 0.241 e. The summed E-state index contributed by atoms with van der Waals surface area (Å²) >= 11 is 0. The van der Waals surface area contributed by atoms with Crippen molar-refractivity contribution < 1.29 is 13.2 Å². The minimum atomic E-state index is -3.84. The Labute approximate surface area is 184 Å². The number of nitrogens with one attached hydrogen (secondary N) is 1. The first-order chi connectivity index (χ1) is 14.9. The van der Waals surface area contributed by atoms with Crippen LogP contribution in [0.1, 0.15) is 23.1 Å². The number of likely N-dealkylation sites (N-methyl/N-ethyl adjacent to an activating group) is 1. The number of hydrogen-bond acceptors (Lipinski definition) is 3. The summed E-state index contributed by atoms with van der Waals surface area (Å²) in [5, 5.41) is 0. The normalized spacial score (nSPS) is 12.3. The fourth-order valence-electron chi connectivity index (χ4n) is 3.50. The predicted octanol–water partition coefficient (Wildman–Crippen LogP) is 3.93. The zero-order valence-corrected chi connectivity index (χ0v) is 18.7. The molecule has 0 fully saturated rings. The quantitative estimate of drug-likeness (QED) is 0.553. The summed E-state index contributed by atoms with van der Waals surface area (Å²) in [6, 6.07) is 25.3. The van der Waals surface area contributed by atoms with Gasteiger partial charge in [0.2, 0.25) is 15.9 Å². The second-order valence-electron chi connectivity index (χ2n) is 7.64. The fourth-order valence-corrected chi connectivity index (χ4v) is 4.97. The lowest BCUT2D eigenvalue weighted by atomic mass is 10.0. The molecule has 6 heteroatoms. The van der Waals surface area contributed by atoms with E-state index in [0.717, 1.165) is 11.1 Å². The number of amides is 1. The van der Waals surface area contributed by atoms with E-state index in [0.29, 0.717) is 24.9 Å². The number of carbonyl (C=O) groups is 1. The third kappa shape index (κ3) is 6.26. The van der Waals surface area contributed by atoms with Crippen molar-refractivity contribution in [2.75, 3.05) is 7.05 Å². The molecular weight excluding hydrogens is 408 g/mol. The highest BCUT2D eigenvalue weighted by atomic mass is 32.2. The molecule has 0 aliphatic heterocycles. The van der Waals surface area contributed by atoms with E-state index >= 15 is 0 Å². The van der Waals surface area contributed by atoms with Crippen molar-refractivity contribution in [1.82, 2.24) is 9.62 Å². The summed E-state index contributed by atoms with van der Waals surface area (Å²) in [6.45, 7) is 2.16. The van der Waals surface area contributed by atoms with Crippen molar-refractivity contribution in [1.29, 1.82) is 0 Å². The average molecular weight is 437 g/mol. The summed E-state index contributed by atoms with van der Waals surface area (Å²) in [6.07, 6.45) is 0.958. The zero-order chi connectivity index (χ0) is 22.3. The maximum atomic E-state index is 13.3. The van der Waals surface area contributed by atoms with E-state index in [-0.39, 0.29) is 10.8 Å². The molecule has 1 N–H and O–H groups in total. The minimum absolute atomic E-state index is 0.193. The molecule has 162 valence electrons. The van der Waals surface area contributed by atoms with Crippen LogP contribution >= 0.6 is 0 Å². The third-order valence-corrected chi connectivity index (χ3v) is 6.81. The van der Waals surface area contributed by atoms with Gasteiger partial charge < -0.3 is 4.90 Å². The van der Waals surface area contributed by atoms with Crippen molar-refractivity contribution in [3.8, 4) is 0 Å². The molecule has 31 heavy (non-hydrogen) atoms. The van der Waals surface area contributed by atoms with Crippen LogP contribution in [-0.2, 0) is 27.8 Å². The van der Waals surface area contributed by atoms with Crippen molar-refractivity contribution in [2.24, 2.45) is 0 Å². The molecule has 3 aromatic rings. The monoisotopic (exact) mass is 436 g/mol. The van der Waals surface area contributed by atoms with Gasteiger partial charge in [-0.25, -0.2) is 8.42 Å². The Morgan fingerprint density at radius 3 is 2.03 bits per heavy atom. The van der Waals surface area contributed by atoms with Gasteiger partial charge in [-0.1, -0.05) is 78.9 Å². The van der Waals surface area contributed by atoms with Gasteiger partial charge in [0.05, 0.1) is 4.90 Å². The molecule has 1 atom stereocenters. The van der Waals surface area contributed by atoms with Crippen LogP contribution < -0.4 is 4.72 Å². The SMILES string of the molecule is Cc1ccccc1S(=O)(=O)NC(CCc1ccccc1)C(=O)N(C)Cc1ccccc1. The highest BCUT2D eigenvalue weighted by Crippen LogP contribution is 2.17. The van der Waals surface area contributed by atoms with E-state index in [4.69, 9.17) is 0 Å². The summed E-state index contributed by atoms with van der Waals surface area (Å²) in [5.41, 5.74) is 2.69. The number of rotatable bonds is 9. The number of nitrogens with zero attached hydrogens (tertiary/aromatic N) is 1. The Balaban J connectivity index is 1.81. The Bertz CT molecular complexity index is 1100. The molecule has 0 radical (unpaired) electrons. The lowest BCUT2D eigenvalue weighted by Crippen LogP contribution is -2.47. The van der Waals surface area contributed by atoms with Crippen molar-refractivity contribution >= 4 is 15.9 Å². The van der Waals surface area contributed by atoms with Gasteiger partial charge in [-0.15, -0.1) is 0 Å². The number of aryl methyl sites for hydroxylation is 2. The molecule has 1 amide bonds. The van der Waals surface area contributed by atoms with Crippen LogP contribution in [0, 0.1) is 6.92 Å². The average Bonchev–Trinajstić information content (AvgIpc) is 2.77. The number of benzene rings is 3. The molecule has 0 saturated heterocycles. The highest BCUT2D eigenvalue weighted by Gasteiger charge is 2.28. The van der Waals surface area contributed by atoms with Crippen molar-refractivity contribution in [3.05, 3.63) is 102 Å². The molecule has 1 unspecified atom stereocenters. The van der Waals surface area contributed by atoms with E-state index in [1.807, 2.05) is 60.7 Å². The topological polar surface area (TPSA) is 66.5 Å². The molecule has 0 bridgehead atoms. The lowest BCUT2D eigenvalue weighted by molar-refractivity contribution is -0.132. The van der Waals surface area contributed by atoms with Crippen molar-refractivity contribution in [2.45, 2.75) is 37.2 Å². The van der Waals surface area contributed by atoms with E-state index in [2.05, 4.69) is 4.72 Å². The van der Waals surface area contributed by atoms with Crippen molar-refractivity contribution in [3.63, 3.8) is 0 Å². The number of hydrogen-bond donors (Lipinski definition) is 1. The smallest absolute Gasteiger partial charge is 0.241 e. The number of sulfonamides is 1. The predicted molar refractivity (Wildman–Crippen MR) is 123 cm³/mol. The molecule has 0 aliphatic carbocycles. The second-order valence-corrected chi connectivity index (χ2v) is 9.33. The van der Waals surface area contributed by atoms with Crippen LogP contribution in [0.5, 0.6) is 0 Å².